The normalized spacial score (nSPS) is 18.5. The minimum Gasteiger partial charge on any atom is -0.398 e. The van der Waals surface area contributed by atoms with Gasteiger partial charge in [0, 0.05) is 23.1 Å². The summed E-state index contributed by atoms with van der Waals surface area (Å²) < 4.78 is 0. The lowest BCUT2D eigenvalue weighted by atomic mass is 10.1. The maximum Gasteiger partial charge on any atom is 0.0403 e. The predicted molar refractivity (Wildman–Crippen MR) is 37.3 cm³/mol. The molecule has 1 radical (unpaired) electrons. The van der Waals surface area contributed by atoms with E-state index in [0.29, 0.717) is 5.70 Å². The average Bonchev–Trinajstić information content (AvgIpc) is 1.64. The number of rotatable bonds is 0. The summed E-state index contributed by atoms with van der Waals surface area (Å²) in [4.78, 5) is 0.796. The molecule has 1 aliphatic carbocycles. The molecule has 0 unspecified atom stereocenters. The quantitative estimate of drug-likeness (QED) is 0.487. The largest absolute Gasteiger partial charge is 0.398 e. The van der Waals surface area contributed by atoms with Crippen LogP contribution < -0.4 is 5.73 Å². The summed E-state index contributed by atoms with van der Waals surface area (Å²) in [5.74, 6) is 0. The molecule has 0 saturated carbocycles. The van der Waals surface area contributed by atoms with Crippen molar-refractivity contribution in [2.75, 3.05) is 0 Å². The summed E-state index contributed by atoms with van der Waals surface area (Å²) in [5, 5.41) is 0. The van der Waals surface area contributed by atoms with Gasteiger partial charge in [0.25, 0.3) is 0 Å². The molecule has 0 saturated heterocycles. The van der Waals surface area contributed by atoms with Crippen molar-refractivity contribution in [3.8, 4) is 0 Å². The highest BCUT2D eigenvalue weighted by atomic mass is 32.1. The molecule has 0 aliphatic heterocycles. The van der Waals surface area contributed by atoms with Gasteiger partial charge >= 0.3 is 0 Å². The zero-order valence-electron chi connectivity index (χ0n) is 4.35. The third-order valence-corrected chi connectivity index (χ3v) is 1.15. The molecule has 2 N–H and O–H groups in total. The minimum atomic E-state index is 0.640. The molecule has 0 amide bonds. The minimum absolute atomic E-state index is 0.640. The van der Waals surface area contributed by atoms with E-state index >= 15 is 0 Å². The van der Waals surface area contributed by atoms with Gasteiger partial charge in [-0.1, -0.05) is 18.3 Å². The Kier molecular flexibility index (Phi) is 1.44. The Hall–Kier alpha value is -0.630. The third-order valence-electron chi connectivity index (χ3n) is 0.884. The molecule has 0 heterocycles. The molecule has 0 aromatic rings. The fraction of sp³-hybridized carbons (Fsp3) is 0.167. The third kappa shape index (κ3) is 1.17. The fourth-order valence-electron chi connectivity index (χ4n) is 0.547. The Morgan fingerprint density at radius 2 is 2.50 bits per heavy atom. The van der Waals surface area contributed by atoms with E-state index in [4.69, 9.17) is 18.0 Å². The maximum absolute atomic E-state index is 5.36. The van der Waals surface area contributed by atoms with Crippen LogP contribution in [0, 0.1) is 6.08 Å². The zero-order valence-corrected chi connectivity index (χ0v) is 5.16. The first-order valence-electron chi connectivity index (χ1n) is 2.38. The maximum atomic E-state index is 5.36. The van der Waals surface area contributed by atoms with E-state index in [1.165, 1.54) is 0 Å². The van der Waals surface area contributed by atoms with Crippen molar-refractivity contribution >= 4 is 17.1 Å². The summed E-state index contributed by atoms with van der Waals surface area (Å²) in [6.45, 7) is 0. The van der Waals surface area contributed by atoms with Crippen LogP contribution in [0.25, 0.3) is 0 Å². The number of hydrogen-bond donors (Lipinski definition) is 1. The first-order chi connectivity index (χ1) is 3.79. The van der Waals surface area contributed by atoms with Crippen molar-refractivity contribution in [2.24, 2.45) is 5.73 Å². The second kappa shape index (κ2) is 2.09. The Labute approximate surface area is 53.9 Å². The van der Waals surface area contributed by atoms with Crippen molar-refractivity contribution in [2.45, 2.75) is 6.42 Å². The van der Waals surface area contributed by atoms with Gasteiger partial charge < -0.3 is 5.73 Å². The number of hydrogen-bond acceptors (Lipinski definition) is 2. The topological polar surface area (TPSA) is 26.0 Å². The molecule has 0 aromatic heterocycles. The van der Waals surface area contributed by atoms with E-state index < -0.39 is 0 Å². The Morgan fingerprint density at radius 1 is 1.75 bits per heavy atom. The van der Waals surface area contributed by atoms with Crippen molar-refractivity contribution < 1.29 is 0 Å². The van der Waals surface area contributed by atoms with Crippen LogP contribution >= 0.6 is 12.2 Å². The van der Waals surface area contributed by atoms with E-state index in [1.54, 1.807) is 0 Å². The van der Waals surface area contributed by atoms with Crippen molar-refractivity contribution in [3.05, 3.63) is 23.9 Å². The second-order valence-corrected chi connectivity index (χ2v) is 2.10. The van der Waals surface area contributed by atoms with Crippen LogP contribution in [0.4, 0.5) is 0 Å². The molecule has 41 valence electrons. The van der Waals surface area contributed by atoms with E-state index in [-0.39, 0.29) is 0 Å². The van der Waals surface area contributed by atoms with Gasteiger partial charge in [-0.3, -0.25) is 0 Å². The van der Waals surface area contributed by atoms with Gasteiger partial charge in [0.15, 0.2) is 0 Å². The number of thiocarbonyl (C=S) groups is 1. The van der Waals surface area contributed by atoms with E-state index in [2.05, 4.69) is 6.08 Å². The number of allylic oxidation sites excluding steroid dienone is 3. The molecule has 0 atom stereocenters. The zero-order chi connectivity index (χ0) is 5.98. The summed E-state index contributed by atoms with van der Waals surface area (Å²) in [7, 11) is 0. The van der Waals surface area contributed by atoms with E-state index in [9.17, 15) is 0 Å². The van der Waals surface area contributed by atoms with Gasteiger partial charge in [0.1, 0.15) is 0 Å². The Bertz CT molecular complexity index is 167. The monoisotopic (exact) mass is 124 g/mol. The van der Waals surface area contributed by atoms with E-state index in [0.717, 1.165) is 11.3 Å². The molecule has 0 aromatic carbocycles. The average molecular weight is 124 g/mol. The lowest BCUT2D eigenvalue weighted by molar-refractivity contribution is 1.34. The molecule has 0 fully saturated rings. The van der Waals surface area contributed by atoms with Crippen LogP contribution in [0.1, 0.15) is 6.42 Å². The Morgan fingerprint density at radius 3 is 2.88 bits per heavy atom. The summed E-state index contributed by atoms with van der Waals surface area (Å²) in [6.07, 6.45) is 7.39. The van der Waals surface area contributed by atoms with Gasteiger partial charge in [-0.05, 0) is 6.08 Å². The van der Waals surface area contributed by atoms with Crippen LogP contribution in [-0.4, -0.2) is 4.86 Å². The predicted octanol–water partition coefficient (Wildman–Crippen LogP) is 0.962. The molecular formula is C6H6NS. The molecule has 1 aliphatic rings. The lowest BCUT2D eigenvalue weighted by Gasteiger charge is -1.98. The van der Waals surface area contributed by atoms with Crippen LogP contribution in [0.15, 0.2) is 17.8 Å². The van der Waals surface area contributed by atoms with Gasteiger partial charge in [0.05, 0.1) is 0 Å². The first kappa shape index (κ1) is 5.51. The molecule has 0 spiro atoms. The molecule has 0 bridgehead atoms. The van der Waals surface area contributed by atoms with Gasteiger partial charge in [-0.2, -0.15) is 0 Å². The number of nitrogens with two attached hydrogens (primary N) is 1. The highest BCUT2D eigenvalue weighted by Gasteiger charge is 1.95. The standard InChI is InChI=1S/C6H6NS/c7-5-2-1-3-6(8)4-5/h1-2H,3,7H2. The second-order valence-electron chi connectivity index (χ2n) is 1.61. The molecule has 1 rings (SSSR count). The van der Waals surface area contributed by atoms with Gasteiger partial charge in [0.2, 0.25) is 0 Å². The van der Waals surface area contributed by atoms with E-state index in [1.807, 2.05) is 12.2 Å². The first-order valence-corrected chi connectivity index (χ1v) is 2.78. The SMILES string of the molecule is NC1=[C]C(=S)CC=C1. The Balaban J connectivity index is 2.77. The van der Waals surface area contributed by atoms with Crippen LogP contribution in [0.2, 0.25) is 0 Å². The summed E-state index contributed by atoms with van der Waals surface area (Å²) in [5.41, 5.74) is 6.00. The van der Waals surface area contributed by atoms with Crippen LogP contribution in [0.3, 0.4) is 0 Å². The highest BCUT2D eigenvalue weighted by Crippen LogP contribution is 2.00. The molecular weight excluding hydrogens is 118 g/mol. The molecule has 2 heteroatoms. The van der Waals surface area contributed by atoms with Crippen LogP contribution in [0.5, 0.6) is 0 Å². The highest BCUT2D eigenvalue weighted by molar-refractivity contribution is 7.80. The summed E-state index contributed by atoms with van der Waals surface area (Å²) in [6, 6.07) is 0. The molecule has 1 nitrogen and oxygen atoms in total. The molecule has 8 heavy (non-hydrogen) atoms. The van der Waals surface area contributed by atoms with Crippen LogP contribution in [-0.2, 0) is 0 Å². The summed E-state index contributed by atoms with van der Waals surface area (Å²) >= 11 is 4.82. The van der Waals surface area contributed by atoms with Crippen molar-refractivity contribution in [3.63, 3.8) is 0 Å². The smallest absolute Gasteiger partial charge is 0.0403 e. The lowest BCUT2D eigenvalue weighted by Crippen LogP contribution is -2.02. The van der Waals surface area contributed by atoms with Gasteiger partial charge in [-0.25, -0.2) is 0 Å². The van der Waals surface area contributed by atoms with Crippen molar-refractivity contribution in [1.82, 2.24) is 0 Å². The van der Waals surface area contributed by atoms with Crippen molar-refractivity contribution in [1.29, 1.82) is 0 Å². The fourth-order valence-corrected chi connectivity index (χ4v) is 0.761. The van der Waals surface area contributed by atoms with Gasteiger partial charge in [-0.15, -0.1) is 0 Å².